The monoisotopic (exact) mass is 441 g/mol. The van der Waals surface area contributed by atoms with E-state index in [-0.39, 0.29) is 5.56 Å². The topological polar surface area (TPSA) is 183 Å². The zero-order valence-electron chi connectivity index (χ0n) is 16.4. The number of aliphatic hydroxyl groups excluding tert-OH is 2. The zero-order valence-corrected chi connectivity index (χ0v) is 17.3. The van der Waals surface area contributed by atoms with Crippen LogP contribution in [0.15, 0.2) is 12.5 Å². The van der Waals surface area contributed by atoms with E-state index < -0.39 is 39.0 Å². The average Bonchev–Trinajstić information content (AvgIpc) is 3.18. The van der Waals surface area contributed by atoms with Crippen LogP contribution in [-0.4, -0.2) is 66.0 Å². The molecule has 164 valence electrons. The predicted octanol–water partition coefficient (Wildman–Crippen LogP) is 0.489. The molecule has 0 bridgehead atoms. The summed E-state index contributed by atoms with van der Waals surface area (Å²) >= 11 is 0. The number of fused-ring (bicyclic) bond motifs is 1. The minimum absolute atomic E-state index is 0.248. The van der Waals surface area contributed by atoms with Gasteiger partial charge in [0, 0.05) is 12.7 Å². The number of hydrogen-bond acceptors (Lipinski definition) is 9. The third-order valence-corrected chi connectivity index (χ3v) is 5.25. The van der Waals surface area contributed by atoms with Crippen molar-refractivity contribution < 1.29 is 33.8 Å². The van der Waals surface area contributed by atoms with Gasteiger partial charge in [-0.25, -0.2) is 14.5 Å². The molecule has 3 heterocycles. The molecule has 1 aliphatic heterocycles. The summed E-state index contributed by atoms with van der Waals surface area (Å²) < 4.78 is 22.3. The molecule has 1 aliphatic rings. The second-order valence-electron chi connectivity index (χ2n) is 7.42. The van der Waals surface area contributed by atoms with E-state index in [2.05, 4.69) is 39.7 Å². The Kier molecular flexibility index (Phi) is 6.74. The van der Waals surface area contributed by atoms with E-state index in [9.17, 15) is 20.0 Å². The van der Waals surface area contributed by atoms with E-state index >= 15 is 0 Å². The van der Waals surface area contributed by atoms with Crippen molar-refractivity contribution in [3.05, 3.63) is 18.1 Å². The van der Waals surface area contributed by atoms with Crippen LogP contribution in [0.1, 0.15) is 32.1 Å². The largest absolute Gasteiger partial charge is 0.469 e. The minimum atomic E-state index is -4.77. The first kappa shape index (κ1) is 22.6. The lowest BCUT2D eigenvalue weighted by atomic mass is 10.1. The highest BCUT2D eigenvalue weighted by Gasteiger charge is 2.45. The number of phosphoric acid groups is 1. The van der Waals surface area contributed by atoms with E-state index in [4.69, 9.17) is 14.5 Å². The Bertz CT molecular complexity index is 985. The van der Waals surface area contributed by atoms with Gasteiger partial charge in [0.05, 0.1) is 17.6 Å². The number of rotatable bonds is 8. The molecule has 0 saturated carbocycles. The molecule has 0 amide bonds. The summed E-state index contributed by atoms with van der Waals surface area (Å²) in [6, 6.07) is 2.07. The number of phosphoric ester groups is 1. The minimum Gasteiger partial charge on any atom is -0.387 e. The SMILES string of the molecule is CC(C)CCNc1ncnc2c1c(C#N)cn2[C@@H]1OC(COP(=O)(O)O)C(O)[C@H]1O. The lowest BCUT2D eigenvalue weighted by Crippen LogP contribution is -2.33. The second kappa shape index (κ2) is 8.95. The average molecular weight is 441 g/mol. The van der Waals surface area contributed by atoms with Gasteiger partial charge >= 0.3 is 7.82 Å². The van der Waals surface area contributed by atoms with Gasteiger partial charge in [0.25, 0.3) is 0 Å². The number of anilines is 1. The molecule has 12 nitrogen and oxygen atoms in total. The van der Waals surface area contributed by atoms with Gasteiger partial charge in [-0.3, -0.25) is 4.52 Å². The highest BCUT2D eigenvalue weighted by atomic mass is 31.2. The van der Waals surface area contributed by atoms with Gasteiger partial charge in [0.15, 0.2) is 6.23 Å². The van der Waals surface area contributed by atoms with E-state index in [1.54, 1.807) is 0 Å². The maximum Gasteiger partial charge on any atom is 0.469 e. The maximum absolute atomic E-state index is 10.9. The normalized spacial score (nSPS) is 24.5. The Morgan fingerprint density at radius 2 is 2.10 bits per heavy atom. The molecule has 30 heavy (non-hydrogen) atoms. The summed E-state index contributed by atoms with van der Waals surface area (Å²) in [5.41, 5.74) is 0.555. The summed E-state index contributed by atoms with van der Waals surface area (Å²) in [6.45, 7) is 4.19. The van der Waals surface area contributed by atoms with Gasteiger partial charge in [0.1, 0.15) is 42.2 Å². The number of ether oxygens (including phenoxy) is 1. The van der Waals surface area contributed by atoms with Crippen molar-refractivity contribution in [1.82, 2.24) is 14.5 Å². The number of hydrogen-bond donors (Lipinski definition) is 5. The number of nitrogens with one attached hydrogen (secondary N) is 1. The van der Waals surface area contributed by atoms with Crippen molar-refractivity contribution in [2.75, 3.05) is 18.5 Å². The van der Waals surface area contributed by atoms with Crippen LogP contribution >= 0.6 is 7.82 Å². The maximum atomic E-state index is 10.9. The first-order valence-electron chi connectivity index (χ1n) is 9.33. The summed E-state index contributed by atoms with van der Waals surface area (Å²) in [4.78, 5) is 26.1. The highest BCUT2D eigenvalue weighted by molar-refractivity contribution is 7.46. The third-order valence-electron chi connectivity index (χ3n) is 4.76. The fourth-order valence-electron chi connectivity index (χ4n) is 3.24. The van der Waals surface area contributed by atoms with E-state index in [1.807, 2.05) is 0 Å². The Hall–Kier alpha value is -2.10. The van der Waals surface area contributed by atoms with Crippen LogP contribution in [0.4, 0.5) is 5.82 Å². The second-order valence-corrected chi connectivity index (χ2v) is 8.66. The fraction of sp³-hybridized carbons (Fsp3) is 0.588. The molecule has 2 aromatic heterocycles. The molecule has 1 saturated heterocycles. The van der Waals surface area contributed by atoms with Crippen molar-refractivity contribution in [2.24, 2.45) is 5.92 Å². The van der Waals surface area contributed by atoms with Crippen molar-refractivity contribution in [3.63, 3.8) is 0 Å². The van der Waals surface area contributed by atoms with Gasteiger partial charge in [-0.15, -0.1) is 0 Å². The Morgan fingerprint density at radius 1 is 1.37 bits per heavy atom. The van der Waals surface area contributed by atoms with Gasteiger partial charge in [-0.05, 0) is 12.3 Å². The molecule has 2 aromatic rings. The molecular weight excluding hydrogens is 417 g/mol. The van der Waals surface area contributed by atoms with E-state index in [0.717, 1.165) is 6.42 Å². The quantitative estimate of drug-likeness (QED) is 0.359. The van der Waals surface area contributed by atoms with Gasteiger partial charge < -0.3 is 34.6 Å². The molecule has 0 aliphatic carbocycles. The van der Waals surface area contributed by atoms with Gasteiger partial charge in [-0.2, -0.15) is 5.26 Å². The van der Waals surface area contributed by atoms with Crippen LogP contribution in [0.2, 0.25) is 0 Å². The van der Waals surface area contributed by atoms with Crippen LogP contribution in [-0.2, 0) is 13.8 Å². The molecule has 2 unspecified atom stereocenters. The number of nitrogens with zero attached hydrogens (tertiary/aromatic N) is 4. The first-order valence-corrected chi connectivity index (χ1v) is 10.9. The molecule has 5 N–H and O–H groups in total. The molecule has 0 radical (unpaired) electrons. The number of nitriles is 1. The van der Waals surface area contributed by atoms with Crippen LogP contribution in [0.25, 0.3) is 11.0 Å². The number of aliphatic hydroxyl groups is 2. The summed E-state index contributed by atoms with van der Waals surface area (Å²) in [6.07, 6.45) is -1.60. The molecule has 13 heteroatoms. The molecule has 0 aromatic carbocycles. The summed E-state index contributed by atoms with van der Waals surface area (Å²) in [7, 11) is -4.77. The Labute approximate surface area is 172 Å². The van der Waals surface area contributed by atoms with E-state index in [1.165, 1.54) is 17.1 Å². The lowest BCUT2D eigenvalue weighted by Gasteiger charge is -2.17. The van der Waals surface area contributed by atoms with Crippen LogP contribution in [0.3, 0.4) is 0 Å². The predicted molar refractivity (Wildman–Crippen MR) is 104 cm³/mol. The van der Waals surface area contributed by atoms with Crippen LogP contribution in [0.5, 0.6) is 0 Å². The summed E-state index contributed by atoms with van der Waals surface area (Å²) in [5.74, 6) is 0.941. The van der Waals surface area contributed by atoms with Gasteiger partial charge in [0.2, 0.25) is 0 Å². The Morgan fingerprint density at radius 3 is 2.73 bits per heavy atom. The molecular formula is C17H24N5O7P. The van der Waals surface area contributed by atoms with E-state index in [0.29, 0.717) is 29.3 Å². The zero-order chi connectivity index (χ0) is 22.1. The van der Waals surface area contributed by atoms with Gasteiger partial charge in [-0.1, -0.05) is 13.8 Å². The fourth-order valence-corrected chi connectivity index (χ4v) is 3.59. The van der Waals surface area contributed by atoms with Crippen molar-refractivity contribution in [2.45, 2.75) is 44.8 Å². The highest BCUT2D eigenvalue weighted by Crippen LogP contribution is 2.39. The molecule has 4 atom stereocenters. The first-order chi connectivity index (χ1) is 14.1. The number of aromatic nitrogens is 3. The smallest absolute Gasteiger partial charge is 0.387 e. The van der Waals surface area contributed by atoms with Crippen LogP contribution in [0, 0.1) is 17.2 Å². The Balaban J connectivity index is 1.91. The summed E-state index contributed by atoms with van der Waals surface area (Å²) in [5, 5.41) is 33.9. The standard InChI is InChI=1S/C17H24N5O7P/c1-9(2)3-4-19-15-12-10(5-18)6-22(16(12)21-8-20-15)17-14(24)13(23)11(29-17)7-28-30(25,26)27/h6,8-9,11,13-14,17,23-24H,3-4,7H2,1-2H3,(H,19,20,21)(H2,25,26,27)/t11?,13?,14-,17-/m1/s1. The van der Waals surface area contributed by atoms with Crippen LogP contribution < -0.4 is 5.32 Å². The molecule has 0 spiro atoms. The van der Waals surface area contributed by atoms with Crippen molar-refractivity contribution in [3.8, 4) is 6.07 Å². The molecule has 1 fully saturated rings. The lowest BCUT2D eigenvalue weighted by molar-refractivity contribution is -0.0501. The third kappa shape index (κ3) is 4.79. The van der Waals surface area contributed by atoms with Crippen molar-refractivity contribution >= 4 is 24.7 Å². The van der Waals surface area contributed by atoms with Crippen molar-refractivity contribution in [1.29, 1.82) is 5.26 Å². The molecule has 3 rings (SSSR count).